The number of alkyl halides is 2. The number of amides is 2. The highest BCUT2D eigenvalue weighted by Gasteiger charge is 2.52. The van der Waals surface area contributed by atoms with Crippen LogP contribution in [0.1, 0.15) is 79.8 Å². The molecule has 11 nitrogen and oxygen atoms in total. The highest BCUT2D eigenvalue weighted by atomic mass is 19.3. The van der Waals surface area contributed by atoms with Crippen molar-refractivity contribution in [3.05, 3.63) is 83.6 Å². The van der Waals surface area contributed by atoms with E-state index in [0.29, 0.717) is 54.1 Å². The molecule has 3 aromatic carbocycles. The Morgan fingerprint density at radius 1 is 0.927 bits per heavy atom. The number of carbonyl (C=O) groups is 2. The first-order valence-electron chi connectivity index (χ1n) is 19.5. The van der Waals surface area contributed by atoms with E-state index >= 15 is 8.78 Å². The van der Waals surface area contributed by atoms with Gasteiger partial charge in [-0.15, -0.1) is 0 Å². The summed E-state index contributed by atoms with van der Waals surface area (Å²) >= 11 is 0. The summed E-state index contributed by atoms with van der Waals surface area (Å²) in [7, 11) is 1.30. The Labute approximate surface area is 316 Å². The Kier molecular flexibility index (Phi) is 8.29. The third-order valence-electron chi connectivity index (χ3n) is 12.7. The third-order valence-corrected chi connectivity index (χ3v) is 12.7. The smallest absolute Gasteiger partial charge is 0.407 e. The van der Waals surface area contributed by atoms with Gasteiger partial charge in [-0.25, -0.2) is 14.8 Å². The number of aromatic amines is 2. The predicted molar refractivity (Wildman–Crippen MR) is 201 cm³/mol. The van der Waals surface area contributed by atoms with E-state index in [1.165, 1.54) is 7.11 Å². The van der Waals surface area contributed by atoms with Crippen LogP contribution in [0.4, 0.5) is 13.6 Å². The van der Waals surface area contributed by atoms with Crippen LogP contribution < -0.4 is 10.6 Å². The van der Waals surface area contributed by atoms with Crippen LogP contribution in [0, 0.1) is 11.8 Å². The first-order chi connectivity index (χ1) is 26.8. The number of ether oxygens (including phenoxy) is 2. The number of H-pyrrole nitrogens is 2. The molecule has 5 aromatic rings. The van der Waals surface area contributed by atoms with Crippen LogP contribution in [-0.2, 0) is 20.2 Å². The van der Waals surface area contributed by atoms with Gasteiger partial charge in [-0.2, -0.15) is 8.78 Å². The van der Waals surface area contributed by atoms with E-state index < -0.39 is 18.1 Å². The first-order valence-corrected chi connectivity index (χ1v) is 19.5. The fourth-order valence-corrected chi connectivity index (χ4v) is 9.93. The number of alkyl carbamates (subject to hydrolysis) is 1. The predicted octanol–water partition coefficient (Wildman–Crippen LogP) is 7.37. The Hall–Kier alpha value is -5.14. The number of hydrogen-bond donors (Lipinski definition) is 4. The maximum atomic E-state index is 16.3. The fourth-order valence-electron chi connectivity index (χ4n) is 9.93. The van der Waals surface area contributed by atoms with Crippen molar-refractivity contribution >= 4 is 23.0 Å². The molecule has 284 valence electrons. The number of methoxy groups -OCH3 is 1. The molecule has 1 unspecified atom stereocenters. The van der Waals surface area contributed by atoms with Gasteiger partial charge in [-0.1, -0.05) is 30.3 Å². The van der Waals surface area contributed by atoms with Gasteiger partial charge < -0.3 is 35.0 Å². The van der Waals surface area contributed by atoms with E-state index in [0.717, 1.165) is 66.8 Å². The normalized spacial score (nSPS) is 24.6. The molecule has 3 aliphatic heterocycles. The molecular formula is C42H43F2N7O4. The number of hydrogen-bond acceptors (Lipinski definition) is 7. The molecule has 5 atom stereocenters. The molecule has 55 heavy (non-hydrogen) atoms. The first kappa shape index (κ1) is 34.4. The minimum absolute atomic E-state index is 0.00763. The van der Waals surface area contributed by atoms with Crippen molar-refractivity contribution in [2.24, 2.45) is 11.8 Å². The number of piperidine rings is 1. The summed E-state index contributed by atoms with van der Waals surface area (Å²) in [5, 5.41) is 6.28. The van der Waals surface area contributed by atoms with Gasteiger partial charge in [-0.05, 0) is 110 Å². The zero-order chi connectivity index (χ0) is 37.4. The minimum Gasteiger partial charge on any atom is -0.453 e. The van der Waals surface area contributed by atoms with Crippen LogP contribution in [0.2, 0.25) is 0 Å². The van der Waals surface area contributed by atoms with Crippen molar-refractivity contribution in [3.8, 4) is 33.5 Å². The zero-order valence-corrected chi connectivity index (χ0v) is 30.5. The molecule has 5 aliphatic rings. The molecule has 10 rings (SSSR count). The molecule has 2 bridgehead atoms. The van der Waals surface area contributed by atoms with Gasteiger partial charge in [0.05, 0.1) is 42.1 Å². The van der Waals surface area contributed by atoms with Gasteiger partial charge in [0.25, 0.3) is 5.92 Å². The van der Waals surface area contributed by atoms with Crippen molar-refractivity contribution in [1.29, 1.82) is 0 Å². The number of nitrogens with zero attached hydrogens (tertiary/aromatic N) is 3. The number of fused-ring (bicyclic) bond motifs is 6. The lowest BCUT2D eigenvalue weighted by atomic mass is 9.89. The number of carbonyl (C=O) groups excluding carboxylic acids is 2. The molecule has 1 saturated carbocycles. The van der Waals surface area contributed by atoms with E-state index in [2.05, 4.69) is 25.6 Å². The molecule has 3 saturated heterocycles. The molecule has 13 heteroatoms. The Balaban J connectivity index is 0.930. The number of benzene rings is 3. The van der Waals surface area contributed by atoms with Crippen molar-refractivity contribution < 1.29 is 27.8 Å². The van der Waals surface area contributed by atoms with Gasteiger partial charge in [0.1, 0.15) is 17.7 Å². The highest BCUT2D eigenvalue weighted by molar-refractivity contribution is 5.88. The molecule has 4 N–H and O–H groups in total. The topological polar surface area (TPSA) is 137 Å². The molecule has 2 aliphatic carbocycles. The summed E-state index contributed by atoms with van der Waals surface area (Å²) in [4.78, 5) is 45.2. The van der Waals surface area contributed by atoms with Crippen LogP contribution in [0.3, 0.4) is 0 Å². The number of aromatic nitrogens is 4. The third kappa shape index (κ3) is 5.73. The average molecular weight is 748 g/mol. The molecule has 4 fully saturated rings. The lowest BCUT2D eigenvalue weighted by molar-refractivity contribution is -0.140. The molecule has 2 amide bonds. The standard InChI is InChI=1S/C42H43F2N7O4/c1-54-41(53)50-36(22-12-15-55-16-13-22)40(52)51-27-8-4-26(17-27)37(51)39-47-32-11-7-24(20-34(32)48-39)23-5-9-28-29-10-6-25(19-31(29)42(43,44)30(28)18-23)35-21-46-38(49-35)33-3-2-14-45-33/h5-7,9-11,18-22,26-27,33,36-37,45H,2-4,8,12-17H2,1H3,(H,46,49)(H,47,48)(H,50,53)/t26?,27-,33-,36+,37+/m1/s1. The second kappa shape index (κ2) is 13.3. The Morgan fingerprint density at radius 2 is 1.67 bits per heavy atom. The van der Waals surface area contributed by atoms with Crippen molar-refractivity contribution in [2.75, 3.05) is 26.9 Å². The van der Waals surface area contributed by atoms with Gasteiger partial charge in [0, 0.05) is 35.9 Å². The van der Waals surface area contributed by atoms with Crippen molar-refractivity contribution in [3.63, 3.8) is 0 Å². The van der Waals surface area contributed by atoms with Crippen LogP contribution in [-0.4, -0.2) is 75.8 Å². The lowest BCUT2D eigenvalue weighted by Gasteiger charge is -2.39. The second-order valence-electron chi connectivity index (χ2n) is 15.8. The quantitative estimate of drug-likeness (QED) is 0.137. The van der Waals surface area contributed by atoms with E-state index in [1.807, 2.05) is 35.2 Å². The molecule has 0 spiro atoms. The van der Waals surface area contributed by atoms with Gasteiger partial charge in [0.2, 0.25) is 5.91 Å². The summed E-state index contributed by atoms with van der Waals surface area (Å²) in [6.45, 7) is 2.03. The SMILES string of the molecule is COC(=O)N[C@H](C(=O)N1[C@@H]2CCC(C2)[C@H]1c1nc2ccc(-c3ccc4c(c3)C(F)(F)c3cc(-c5cnc([C@H]6CCCN6)[nH]5)ccc3-4)cc2[nH]1)C1CCOCC1. The highest BCUT2D eigenvalue weighted by Crippen LogP contribution is 2.53. The molecule has 0 radical (unpaired) electrons. The Morgan fingerprint density at radius 3 is 2.44 bits per heavy atom. The van der Waals surface area contributed by atoms with Crippen LogP contribution >= 0.6 is 0 Å². The lowest BCUT2D eigenvalue weighted by Crippen LogP contribution is -2.55. The molecule has 2 aromatic heterocycles. The Bertz CT molecular complexity index is 2310. The number of imidazole rings is 2. The summed E-state index contributed by atoms with van der Waals surface area (Å²) in [6, 6.07) is 15.6. The van der Waals surface area contributed by atoms with Crippen molar-refractivity contribution in [1.82, 2.24) is 35.5 Å². The fraction of sp³-hybridized carbons (Fsp3) is 0.429. The number of halogens is 2. The summed E-state index contributed by atoms with van der Waals surface area (Å²) in [6.07, 6.45) is 7.31. The maximum Gasteiger partial charge on any atom is 0.407 e. The van der Waals surface area contributed by atoms with Gasteiger partial charge in [-0.3, -0.25) is 4.79 Å². The van der Waals surface area contributed by atoms with Crippen LogP contribution in [0.25, 0.3) is 44.5 Å². The summed E-state index contributed by atoms with van der Waals surface area (Å²) in [5.74, 6) is -1.58. The van der Waals surface area contributed by atoms with Gasteiger partial charge in [0.15, 0.2) is 0 Å². The van der Waals surface area contributed by atoms with Crippen LogP contribution in [0.15, 0.2) is 60.8 Å². The summed E-state index contributed by atoms with van der Waals surface area (Å²) < 4.78 is 43.1. The van der Waals surface area contributed by atoms with E-state index in [4.69, 9.17) is 14.5 Å². The monoisotopic (exact) mass is 747 g/mol. The summed E-state index contributed by atoms with van der Waals surface area (Å²) in [5.41, 5.74) is 5.41. The van der Waals surface area contributed by atoms with Crippen molar-refractivity contribution in [2.45, 2.75) is 75.0 Å². The second-order valence-corrected chi connectivity index (χ2v) is 15.8. The maximum absolute atomic E-state index is 16.3. The average Bonchev–Trinajstić information content (AvgIpc) is 4.08. The van der Waals surface area contributed by atoms with E-state index in [9.17, 15) is 9.59 Å². The molecular weight excluding hydrogens is 705 g/mol. The van der Waals surface area contributed by atoms with E-state index in [-0.39, 0.29) is 47.0 Å². The van der Waals surface area contributed by atoms with E-state index in [1.54, 1.807) is 30.5 Å². The molecule has 5 heterocycles. The largest absolute Gasteiger partial charge is 0.453 e. The minimum atomic E-state index is -3.18. The van der Waals surface area contributed by atoms with Gasteiger partial charge >= 0.3 is 6.09 Å². The number of nitrogens with one attached hydrogen (secondary N) is 4. The number of rotatable bonds is 7. The van der Waals surface area contributed by atoms with Crippen LogP contribution in [0.5, 0.6) is 0 Å². The zero-order valence-electron chi connectivity index (χ0n) is 30.5. The number of likely N-dealkylation sites (tertiary alicyclic amines) is 1.